The fourth-order valence-electron chi connectivity index (χ4n) is 1.58. The Labute approximate surface area is 115 Å². The maximum absolute atomic E-state index is 12.1. The first kappa shape index (κ1) is 13.2. The summed E-state index contributed by atoms with van der Waals surface area (Å²) < 4.78 is 5.06. The summed E-state index contributed by atoms with van der Waals surface area (Å²) in [4.78, 5) is 16.1. The summed E-state index contributed by atoms with van der Waals surface area (Å²) in [6.45, 7) is 0. The molecule has 0 spiro atoms. The van der Waals surface area contributed by atoms with Gasteiger partial charge in [0, 0.05) is 11.2 Å². The predicted octanol–water partition coefficient (Wildman–Crippen LogP) is 2.58. The van der Waals surface area contributed by atoms with Crippen molar-refractivity contribution in [3.63, 3.8) is 0 Å². The number of nitrogens with zero attached hydrogens (tertiary/aromatic N) is 1. The van der Waals surface area contributed by atoms with E-state index in [0.717, 1.165) is 0 Å². The monoisotopic (exact) mass is 277 g/mol. The van der Waals surface area contributed by atoms with Crippen LogP contribution in [0.5, 0.6) is 5.75 Å². The molecule has 98 valence electrons. The number of carbonyl (C=O) groups is 1. The molecule has 0 fully saturated rings. The van der Waals surface area contributed by atoms with E-state index in [0.29, 0.717) is 22.2 Å². The molecule has 19 heavy (non-hydrogen) atoms. The largest absolute Gasteiger partial charge is 0.495 e. The van der Waals surface area contributed by atoms with Crippen molar-refractivity contribution < 1.29 is 9.53 Å². The number of hydrogen-bond acceptors (Lipinski definition) is 4. The molecule has 1 amide bonds. The van der Waals surface area contributed by atoms with Gasteiger partial charge in [0.05, 0.1) is 18.4 Å². The number of nitrogens with one attached hydrogen (secondary N) is 1. The molecular formula is C13H12ClN3O2. The summed E-state index contributed by atoms with van der Waals surface area (Å²) in [5.41, 5.74) is 6.45. The molecule has 2 aromatic rings. The van der Waals surface area contributed by atoms with Crippen LogP contribution in [0.25, 0.3) is 0 Å². The van der Waals surface area contributed by atoms with Crippen LogP contribution < -0.4 is 15.8 Å². The number of rotatable bonds is 3. The van der Waals surface area contributed by atoms with E-state index < -0.39 is 0 Å². The zero-order valence-electron chi connectivity index (χ0n) is 10.2. The quantitative estimate of drug-likeness (QED) is 0.846. The molecule has 1 aromatic carbocycles. The SMILES string of the molecule is COc1cccc(C(=O)Nc2cc(Cl)ccn2)c1N. The zero-order valence-corrected chi connectivity index (χ0v) is 10.9. The summed E-state index contributed by atoms with van der Waals surface area (Å²) in [5.74, 6) is 0.442. The Balaban J connectivity index is 2.25. The van der Waals surface area contributed by atoms with Gasteiger partial charge in [-0.15, -0.1) is 0 Å². The second-order valence-electron chi connectivity index (χ2n) is 3.73. The molecule has 0 aliphatic carbocycles. The molecule has 0 radical (unpaired) electrons. The number of methoxy groups -OCH3 is 1. The number of nitrogens with two attached hydrogens (primary N) is 1. The van der Waals surface area contributed by atoms with Crippen molar-refractivity contribution >= 4 is 29.0 Å². The number of ether oxygens (including phenoxy) is 1. The van der Waals surface area contributed by atoms with Gasteiger partial charge < -0.3 is 15.8 Å². The smallest absolute Gasteiger partial charge is 0.259 e. The normalized spacial score (nSPS) is 10.0. The summed E-state index contributed by atoms with van der Waals surface area (Å²) in [6.07, 6.45) is 1.51. The van der Waals surface area contributed by atoms with E-state index >= 15 is 0 Å². The van der Waals surface area contributed by atoms with Gasteiger partial charge >= 0.3 is 0 Å². The minimum absolute atomic E-state index is 0.282. The standard InChI is InChI=1S/C13H12ClN3O2/c1-19-10-4-2-3-9(12(10)15)13(18)17-11-7-8(14)5-6-16-11/h2-7H,15H2,1H3,(H,16,17,18). The second kappa shape index (κ2) is 5.58. The van der Waals surface area contributed by atoms with Crippen LogP contribution in [0.1, 0.15) is 10.4 Å². The molecule has 0 aliphatic rings. The van der Waals surface area contributed by atoms with Crippen molar-refractivity contribution in [1.82, 2.24) is 4.98 Å². The van der Waals surface area contributed by atoms with Crippen LogP contribution >= 0.6 is 11.6 Å². The number of aromatic nitrogens is 1. The third kappa shape index (κ3) is 2.95. The number of pyridine rings is 1. The van der Waals surface area contributed by atoms with Crippen LogP contribution in [-0.4, -0.2) is 18.0 Å². The fraction of sp³-hybridized carbons (Fsp3) is 0.0769. The number of carbonyl (C=O) groups excluding carboxylic acids is 1. The van der Waals surface area contributed by atoms with Gasteiger partial charge in [-0.2, -0.15) is 0 Å². The van der Waals surface area contributed by atoms with Crippen molar-refractivity contribution in [2.75, 3.05) is 18.2 Å². The van der Waals surface area contributed by atoms with E-state index in [9.17, 15) is 4.79 Å². The number of anilines is 2. The highest BCUT2D eigenvalue weighted by atomic mass is 35.5. The zero-order chi connectivity index (χ0) is 13.8. The lowest BCUT2D eigenvalue weighted by atomic mass is 10.1. The van der Waals surface area contributed by atoms with E-state index in [-0.39, 0.29) is 11.6 Å². The Hall–Kier alpha value is -2.27. The number of para-hydroxylation sites is 1. The average molecular weight is 278 g/mol. The molecule has 0 bridgehead atoms. The lowest BCUT2D eigenvalue weighted by Gasteiger charge is -2.10. The molecule has 5 nitrogen and oxygen atoms in total. The molecule has 6 heteroatoms. The number of halogens is 1. The topological polar surface area (TPSA) is 77.2 Å². The van der Waals surface area contributed by atoms with Gasteiger partial charge in [-0.05, 0) is 24.3 Å². The van der Waals surface area contributed by atoms with Gasteiger partial charge in [-0.25, -0.2) is 4.98 Å². The van der Waals surface area contributed by atoms with Crippen LogP contribution in [0.3, 0.4) is 0 Å². The van der Waals surface area contributed by atoms with E-state index in [1.165, 1.54) is 13.3 Å². The lowest BCUT2D eigenvalue weighted by Crippen LogP contribution is -2.15. The average Bonchev–Trinajstić information content (AvgIpc) is 2.39. The van der Waals surface area contributed by atoms with Crippen molar-refractivity contribution in [3.05, 3.63) is 47.1 Å². The third-order valence-corrected chi connectivity index (χ3v) is 2.73. The number of benzene rings is 1. The molecule has 0 atom stereocenters. The first-order chi connectivity index (χ1) is 9.11. The molecule has 0 aliphatic heterocycles. The van der Waals surface area contributed by atoms with Gasteiger partial charge in [0.2, 0.25) is 0 Å². The van der Waals surface area contributed by atoms with Gasteiger partial charge in [-0.1, -0.05) is 17.7 Å². The van der Waals surface area contributed by atoms with Crippen LogP contribution in [-0.2, 0) is 0 Å². The molecule has 2 rings (SSSR count). The highest BCUT2D eigenvalue weighted by Crippen LogP contribution is 2.25. The lowest BCUT2D eigenvalue weighted by molar-refractivity contribution is 0.102. The van der Waals surface area contributed by atoms with E-state index in [1.54, 1.807) is 30.3 Å². The molecule has 3 N–H and O–H groups in total. The first-order valence-electron chi connectivity index (χ1n) is 5.47. The van der Waals surface area contributed by atoms with Crippen molar-refractivity contribution in [3.8, 4) is 5.75 Å². The third-order valence-electron chi connectivity index (χ3n) is 2.49. The van der Waals surface area contributed by atoms with Crippen LogP contribution in [0.2, 0.25) is 5.02 Å². The van der Waals surface area contributed by atoms with Crippen molar-refractivity contribution in [1.29, 1.82) is 0 Å². The number of nitrogen functional groups attached to an aromatic ring is 1. The molecule has 0 unspecified atom stereocenters. The molecule has 0 saturated carbocycles. The predicted molar refractivity (Wildman–Crippen MR) is 74.6 cm³/mol. The van der Waals surface area contributed by atoms with E-state index in [1.807, 2.05) is 0 Å². The van der Waals surface area contributed by atoms with Gasteiger partial charge in [0.25, 0.3) is 5.91 Å². The van der Waals surface area contributed by atoms with Gasteiger partial charge in [0.15, 0.2) is 0 Å². The Morgan fingerprint density at radius 2 is 2.21 bits per heavy atom. The van der Waals surface area contributed by atoms with Gasteiger partial charge in [-0.3, -0.25) is 4.79 Å². The van der Waals surface area contributed by atoms with Crippen molar-refractivity contribution in [2.24, 2.45) is 0 Å². The summed E-state index contributed by atoms with van der Waals surface area (Å²) in [6, 6.07) is 8.16. The number of amides is 1. The maximum atomic E-state index is 12.1. The molecule has 0 saturated heterocycles. The molecular weight excluding hydrogens is 266 g/mol. The van der Waals surface area contributed by atoms with E-state index in [4.69, 9.17) is 22.1 Å². The van der Waals surface area contributed by atoms with Crippen molar-refractivity contribution in [2.45, 2.75) is 0 Å². The minimum atomic E-state index is -0.369. The van der Waals surface area contributed by atoms with Crippen LogP contribution in [0, 0.1) is 0 Å². The second-order valence-corrected chi connectivity index (χ2v) is 4.17. The fourth-order valence-corrected chi connectivity index (χ4v) is 1.74. The first-order valence-corrected chi connectivity index (χ1v) is 5.85. The Kier molecular flexibility index (Phi) is 3.87. The Bertz CT molecular complexity index is 617. The maximum Gasteiger partial charge on any atom is 0.259 e. The van der Waals surface area contributed by atoms with E-state index in [2.05, 4.69) is 10.3 Å². The highest BCUT2D eigenvalue weighted by Gasteiger charge is 2.13. The highest BCUT2D eigenvalue weighted by molar-refractivity contribution is 6.30. The summed E-state index contributed by atoms with van der Waals surface area (Å²) in [5, 5.41) is 3.11. The minimum Gasteiger partial charge on any atom is -0.495 e. The number of hydrogen-bond donors (Lipinski definition) is 2. The van der Waals surface area contributed by atoms with Crippen LogP contribution in [0.15, 0.2) is 36.5 Å². The Morgan fingerprint density at radius 3 is 2.89 bits per heavy atom. The molecule has 1 aromatic heterocycles. The van der Waals surface area contributed by atoms with Crippen LogP contribution in [0.4, 0.5) is 11.5 Å². The van der Waals surface area contributed by atoms with Gasteiger partial charge in [0.1, 0.15) is 11.6 Å². The molecule has 1 heterocycles. The summed E-state index contributed by atoms with van der Waals surface area (Å²) >= 11 is 5.82. The Morgan fingerprint density at radius 1 is 1.42 bits per heavy atom. The summed E-state index contributed by atoms with van der Waals surface area (Å²) in [7, 11) is 1.49.